The first-order valence-corrected chi connectivity index (χ1v) is 6.93. The van der Waals surface area contributed by atoms with E-state index in [0.29, 0.717) is 12.3 Å². The van der Waals surface area contributed by atoms with Crippen molar-refractivity contribution in [3.05, 3.63) is 29.8 Å². The van der Waals surface area contributed by atoms with Gasteiger partial charge in [-0.3, -0.25) is 4.79 Å². The summed E-state index contributed by atoms with van der Waals surface area (Å²) in [5.74, 6) is 0.171. The van der Waals surface area contributed by atoms with Crippen molar-refractivity contribution in [2.75, 3.05) is 7.11 Å². The number of carboxylic acid groups (broad SMARTS) is 1. The van der Waals surface area contributed by atoms with Crippen molar-refractivity contribution in [2.45, 2.75) is 39.5 Å². The minimum atomic E-state index is -0.714. The van der Waals surface area contributed by atoms with Gasteiger partial charge in [0.1, 0.15) is 5.75 Å². The van der Waals surface area contributed by atoms with E-state index in [2.05, 4.69) is 13.8 Å². The molecule has 0 bridgehead atoms. The van der Waals surface area contributed by atoms with Gasteiger partial charge < -0.3 is 9.84 Å². The van der Waals surface area contributed by atoms with Gasteiger partial charge in [-0.15, -0.1) is 0 Å². The highest BCUT2D eigenvalue weighted by Crippen LogP contribution is 2.25. The Morgan fingerprint density at radius 1 is 1.37 bits per heavy atom. The van der Waals surface area contributed by atoms with Crippen molar-refractivity contribution in [1.29, 1.82) is 0 Å². The fourth-order valence-electron chi connectivity index (χ4n) is 2.50. The fraction of sp³-hybridized carbons (Fsp3) is 0.562. The molecule has 1 aromatic carbocycles. The molecule has 0 spiro atoms. The number of rotatable bonds is 8. The summed E-state index contributed by atoms with van der Waals surface area (Å²) in [6.07, 6.45) is 3.44. The smallest absolute Gasteiger partial charge is 0.306 e. The molecule has 1 N–H and O–H groups in total. The van der Waals surface area contributed by atoms with Crippen LogP contribution in [-0.2, 0) is 11.2 Å². The van der Waals surface area contributed by atoms with Crippen LogP contribution in [0.3, 0.4) is 0 Å². The molecule has 0 aromatic heterocycles. The summed E-state index contributed by atoms with van der Waals surface area (Å²) in [5, 5.41) is 9.37. The summed E-state index contributed by atoms with van der Waals surface area (Å²) >= 11 is 0. The maximum atomic E-state index is 11.4. The van der Waals surface area contributed by atoms with Gasteiger partial charge in [-0.05, 0) is 30.4 Å². The molecule has 0 saturated carbocycles. The molecule has 0 heterocycles. The molecule has 0 radical (unpaired) electrons. The number of carbonyl (C=O) groups is 1. The van der Waals surface area contributed by atoms with Crippen LogP contribution in [0.15, 0.2) is 24.3 Å². The molecule has 1 aromatic rings. The van der Waals surface area contributed by atoms with Crippen molar-refractivity contribution in [3.63, 3.8) is 0 Å². The lowest BCUT2D eigenvalue weighted by Crippen LogP contribution is -2.19. The van der Waals surface area contributed by atoms with Crippen molar-refractivity contribution < 1.29 is 14.6 Å². The molecule has 3 heteroatoms. The van der Waals surface area contributed by atoms with Gasteiger partial charge in [0.25, 0.3) is 0 Å². The predicted molar refractivity (Wildman–Crippen MR) is 76.5 cm³/mol. The molecule has 106 valence electrons. The van der Waals surface area contributed by atoms with Crippen molar-refractivity contribution in [3.8, 4) is 5.75 Å². The van der Waals surface area contributed by atoms with Gasteiger partial charge in [0.05, 0.1) is 13.0 Å². The second-order valence-corrected chi connectivity index (χ2v) is 5.18. The lowest BCUT2D eigenvalue weighted by Gasteiger charge is -2.18. The first-order valence-electron chi connectivity index (χ1n) is 6.93. The highest BCUT2D eigenvalue weighted by molar-refractivity contribution is 5.70. The summed E-state index contributed by atoms with van der Waals surface area (Å²) in [5.41, 5.74) is 0.973. The van der Waals surface area contributed by atoms with E-state index >= 15 is 0 Å². The molecule has 19 heavy (non-hydrogen) atoms. The first-order chi connectivity index (χ1) is 9.08. The third kappa shape index (κ3) is 4.93. The topological polar surface area (TPSA) is 46.5 Å². The molecule has 2 unspecified atom stereocenters. The Hall–Kier alpha value is -1.51. The van der Waals surface area contributed by atoms with E-state index in [1.165, 1.54) is 0 Å². The molecule has 0 saturated heterocycles. The van der Waals surface area contributed by atoms with Crippen LogP contribution in [0.25, 0.3) is 0 Å². The zero-order valence-electron chi connectivity index (χ0n) is 12.1. The van der Waals surface area contributed by atoms with E-state index in [1.54, 1.807) is 7.11 Å². The number of aliphatic carboxylic acids is 1. The van der Waals surface area contributed by atoms with E-state index in [1.807, 2.05) is 24.3 Å². The van der Waals surface area contributed by atoms with Crippen LogP contribution in [0.2, 0.25) is 0 Å². The van der Waals surface area contributed by atoms with Gasteiger partial charge in [0.15, 0.2) is 0 Å². The third-order valence-corrected chi connectivity index (χ3v) is 3.48. The Balaban J connectivity index is 2.75. The quantitative estimate of drug-likeness (QED) is 0.777. The summed E-state index contributed by atoms with van der Waals surface area (Å²) in [7, 11) is 1.62. The number of hydrogen-bond acceptors (Lipinski definition) is 2. The number of carboxylic acids is 1. The summed E-state index contributed by atoms with van der Waals surface area (Å²) in [4.78, 5) is 11.4. The maximum Gasteiger partial charge on any atom is 0.306 e. The van der Waals surface area contributed by atoms with Gasteiger partial charge in [0.2, 0.25) is 0 Å². The van der Waals surface area contributed by atoms with Gasteiger partial charge in [-0.1, -0.05) is 44.9 Å². The van der Waals surface area contributed by atoms with E-state index < -0.39 is 5.97 Å². The Morgan fingerprint density at radius 2 is 2.05 bits per heavy atom. The minimum absolute atomic E-state index is 0.335. The molecule has 0 aliphatic heterocycles. The van der Waals surface area contributed by atoms with Crippen molar-refractivity contribution >= 4 is 5.97 Å². The highest BCUT2D eigenvalue weighted by atomic mass is 16.5. The van der Waals surface area contributed by atoms with E-state index in [-0.39, 0.29) is 5.92 Å². The Kier molecular flexibility index (Phi) is 6.40. The summed E-state index contributed by atoms with van der Waals surface area (Å²) in [6.45, 7) is 4.26. The van der Waals surface area contributed by atoms with Gasteiger partial charge in [-0.25, -0.2) is 0 Å². The molecule has 2 atom stereocenters. The monoisotopic (exact) mass is 264 g/mol. The molecule has 3 nitrogen and oxygen atoms in total. The SMILES string of the molecule is CCCC(C)CC(Cc1ccccc1OC)C(=O)O. The van der Waals surface area contributed by atoms with Crippen LogP contribution in [0.4, 0.5) is 0 Å². The number of para-hydroxylation sites is 1. The van der Waals surface area contributed by atoms with Crippen LogP contribution in [0.5, 0.6) is 5.75 Å². The van der Waals surface area contributed by atoms with Gasteiger partial charge in [-0.2, -0.15) is 0 Å². The van der Waals surface area contributed by atoms with Crippen LogP contribution in [0, 0.1) is 11.8 Å². The minimum Gasteiger partial charge on any atom is -0.496 e. The second kappa shape index (κ2) is 7.82. The van der Waals surface area contributed by atoms with E-state index in [9.17, 15) is 9.90 Å². The molecule has 0 amide bonds. The molecule has 0 fully saturated rings. The number of benzene rings is 1. The highest BCUT2D eigenvalue weighted by Gasteiger charge is 2.21. The van der Waals surface area contributed by atoms with Crippen LogP contribution < -0.4 is 4.74 Å². The maximum absolute atomic E-state index is 11.4. The zero-order valence-corrected chi connectivity index (χ0v) is 12.1. The normalized spacial score (nSPS) is 13.8. The number of methoxy groups -OCH3 is 1. The van der Waals surface area contributed by atoms with Crippen molar-refractivity contribution in [1.82, 2.24) is 0 Å². The average molecular weight is 264 g/mol. The van der Waals surface area contributed by atoms with E-state index in [4.69, 9.17) is 4.74 Å². The second-order valence-electron chi connectivity index (χ2n) is 5.18. The molecular formula is C16H24O3. The predicted octanol–water partition coefficient (Wildman–Crippen LogP) is 3.76. The molecule has 1 rings (SSSR count). The van der Waals surface area contributed by atoms with Crippen molar-refractivity contribution in [2.24, 2.45) is 11.8 Å². The van der Waals surface area contributed by atoms with Gasteiger partial charge in [0, 0.05) is 0 Å². The number of ether oxygens (including phenoxy) is 1. The van der Waals surface area contributed by atoms with Gasteiger partial charge >= 0.3 is 5.97 Å². The van der Waals surface area contributed by atoms with Crippen LogP contribution in [0.1, 0.15) is 38.7 Å². The third-order valence-electron chi connectivity index (χ3n) is 3.48. The Labute approximate surface area is 115 Å². The lowest BCUT2D eigenvalue weighted by atomic mass is 9.88. The zero-order chi connectivity index (χ0) is 14.3. The number of hydrogen-bond donors (Lipinski definition) is 1. The largest absolute Gasteiger partial charge is 0.496 e. The lowest BCUT2D eigenvalue weighted by molar-refractivity contribution is -0.142. The Bertz CT molecular complexity index is 401. The van der Waals surface area contributed by atoms with Crippen LogP contribution in [-0.4, -0.2) is 18.2 Å². The first kappa shape index (κ1) is 15.5. The van der Waals surface area contributed by atoms with E-state index in [0.717, 1.165) is 30.6 Å². The summed E-state index contributed by atoms with van der Waals surface area (Å²) in [6, 6.07) is 7.65. The fourth-order valence-corrected chi connectivity index (χ4v) is 2.50. The van der Waals surface area contributed by atoms with Crippen LogP contribution >= 0.6 is 0 Å². The molecular weight excluding hydrogens is 240 g/mol. The summed E-state index contributed by atoms with van der Waals surface area (Å²) < 4.78 is 5.29. The molecule has 0 aliphatic carbocycles. The standard InChI is InChI=1S/C16H24O3/c1-4-7-12(2)10-14(16(17)18)11-13-8-5-6-9-15(13)19-3/h5-6,8-9,12,14H,4,7,10-11H2,1-3H3,(H,17,18). The Morgan fingerprint density at radius 3 is 2.63 bits per heavy atom. The molecule has 0 aliphatic rings. The average Bonchev–Trinajstić information content (AvgIpc) is 2.38.